The Kier molecular flexibility index (Phi) is 4.70. The van der Waals surface area contributed by atoms with Crippen molar-refractivity contribution in [1.82, 2.24) is 9.38 Å². The Labute approximate surface area is 154 Å². The van der Waals surface area contributed by atoms with Gasteiger partial charge < -0.3 is 0 Å². The molecule has 126 valence electrons. The quantitative estimate of drug-likeness (QED) is 0.438. The lowest BCUT2D eigenvalue weighted by Gasteiger charge is -2.24. The van der Waals surface area contributed by atoms with E-state index >= 15 is 0 Å². The molecule has 0 radical (unpaired) electrons. The van der Waals surface area contributed by atoms with Crippen LogP contribution in [0.4, 0.5) is 5.69 Å². The van der Waals surface area contributed by atoms with Gasteiger partial charge in [-0.25, -0.2) is 10.0 Å². The van der Waals surface area contributed by atoms with Gasteiger partial charge in [-0.1, -0.05) is 60.1 Å². The summed E-state index contributed by atoms with van der Waals surface area (Å²) in [6, 6.07) is 20.1. The molecule has 0 saturated heterocycles. The average molecular weight is 370 g/mol. The molecule has 25 heavy (non-hydrogen) atoms. The van der Waals surface area contributed by atoms with E-state index < -0.39 is 0 Å². The second-order valence-corrected chi connectivity index (χ2v) is 6.77. The molecule has 0 spiro atoms. The van der Waals surface area contributed by atoms with Gasteiger partial charge in [0, 0.05) is 11.6 Å². The van der Waals surface area contributed by atoms with Crippen molar-refractivity contribution in [2.75, 3.05) is 5.06 Å². The summed E-state index contributed by atoms with van der Waals surface area (Å²) in [7, 11) is 0. The number of hydroxylamine groups is 1. The highest BCUT2D eigenvalue weighted by molar-refractivity contribution is 7.15. The van der Waals surface area contributed by atoms with Gasteiger partial charge in [-0.2, -0.15) is 0 Å². The van der Waals surface area contributed by atoms with Crippen molar-refractivity contribution < 1.29 is 4.84 Å². The number of benzene rings is 2. The van der Waals surface area contributed by atoms with E-state index in [1.807, 2.05) is 81.7 Å². The van der Waals surface area contributed by atoms with Gasteiger partial charge in [0.05, 0.1) is 24.5 Å². The standard InChI is InChI=1S/C19H16ClN3OS/c20-18-17(22-11-12-25-19(22)21-18)13-23(16-9-5-2-6-10-16)24-14-15-7-3-1-4-8-15/h1-12H,13-14H2. The second kappa shape index (κ2) is 7.27. The first-order valence-corrected chi connectivity index (χ1v) is 9.16. The first-order valence-electron chi connectivity index (χ1n) is 7.90. The molecule has 0 aliphatic carbocycles. The third kappa shape index (κ3) is 3.54. The number of hydrogen-bond acceptors (Lipinski definition) is 4. The zero-order valence-corrected chi connectivity index (χ0v) is 15.0. The fraction of sp³-hybridized carbons (Fsp3) is 0.105. The lowest BCUT2D eigenvalue weighted by atomic mass is 10.2. The van der Waals surface area contributed by atoms with Crippen molar-refractivity contribution in [3.05, 3.63) is 88.7 Å². The van der Waals surface area contributed by atoms with Crippen LogP contribution in [0, 0.1) is 0 Å². The molecule has 0 N–H and O–H groups in total. The van der Waals surface area contributed by atoms with Crippen molar-refractivity contribution in [3.8, 4) is 0 Å². The second-order valence-electron chi connectivity index (χ2n) is 5.54. The summed E-state index contributed by atoms with van der Waals surface area (Å²) in [5.41, 5.74) is 3.00. The molecule has 2 aromatic carbocycles. The normalized spacial score (nSPS) is 11.1. The van der Waals surface area contributed by atoms with Crippen molar-refractivity contribution in [3.63, 3.8) is 0 Å². The number of rotatable bonds is 6. The summed E-state index contributed by atoms with van der Waals surface area (Å²) < 4.78 is 2.01. The molecule has 0 fully saturated rings. The van der Waals surface area contributed by atoms with Crippen LogP contribution < -0.4 is 5.06 Å². The number of para-hydroxylation sites is 1. The van der Waals surface area contributed by atoms with E-state index in [1.165, 1.54) is 0 Å². The van der Waals surface area contributed by atoms with Crippen LogP contribution in [0.1, 0.15) is 11.3 Å². The Balaban J connectivity index is 1.61. The summed E-state index contributed by atoms with van der Waals surface area (Å²) in [6.45, 7) is 0.993. The maximum atomic E-state index is 6.35. The van der Waals surface area contributed by atoms with Crippen LogP contribution in [0.2, 0.25) is 5.15 Å². The van der Waals surface area contributed by atoms with Crippen molar-refractivity contribution in [2.45, 2.75) is 13.2 Å². The number of anilines is 1. The van der Waals surface area contributed by atoms with Crippen LogP contribution in [0.15, 0.2) is 72.2 Å². The van der Waals surface area contributed by atoms with Gasteiger partial charge in [-0.3, -0.25) is 9.24 Å². The molecule has 0 atom stereocenters. The molecule has 0 aliphatic rings. The van der Waals surface area contributed by atoms with E-state index in [-0.39, 0.29) is 0 Å². The van der Waals surface area contributed by atoms with Crippen LogP contribution in [-0.2, 0) is 18.0 Å². The molecule has 4 rings (SSSR count). The molecular weight excluding hydrogens is 354 g/mol. The molecule has 0 amide bonds. The zero-order chi connectivity index (χ0) is 17.1. The predicted octanol–water partition coefficient (Wildman–Crippen LogP) is 5.19. The van der Waals surface area contributed by atoms with Gasteiger partial charge in [0.25, 0.3) is 0 Å². The molecule has 4 nitrogen and oxygen atoms in total. The Morgan fingerprint density at radius 1 is 1.04 bits per heavy atom. The Hall–Kier alpha value is -2.34. The van der Waals surface area contributed by atoms with E-state index in [4.69, 9.17) is 16.4 Å². The molecule has 4 aromatic rings. The third-order valence-electron chi connectivity index (χ3n) is 3.88. The van der Waals surface area contributed by atoms with E-state index in [9.17, 15) is 0 Å². The number of thiazole rings is 1. The lowest BCUT2D eigenvalue weighted by molar-refractivity contribution is 0.0902. The largest absolute Gasteiger partial charge is 0.291 e. The van der Waals surface area contributed by atoms with Gasteiger partial charge >= 0.3 is 0 Å². The average Bonchev–Trinajstić information content (AvgIpc) is 3.22. The molecule has 2 aromatic heterocycles. The first-order chi connectivity index (χ1) is 12.3. The molecule has 6 heteroatoms. The minimum Gasteiger partial charge on any atom is -0.291 e. The van der Waals surface area contributed by atoms with Gasteiger partial charge in [-0.05, 0) is 17.7 Å². The van der Waals surface area contributed by atoms with Crippen LogP contribution in [0.3, 0.4) is 0 Å². The fourth-order valence-corrected chi connectivity index (χ4v) is 3.63. The van der Waals surface area contributed by atoms with Crippen LogP contribution in [0.5, 0.6) is 0 Å². The van der Waals surface area contributed by atoms with Gasteiger partial charge in [0.2, 0.25) is 0 Å². The maximum absolute atomic E-state index is 6.35. The third-order valence-corrected chi connectivity index (χ3v) is 4.94. The van der Waals surface area contributed by atoms with Crippen molar-refractivity contribution in [2.24, 2.45) is 0 Å². The zero-order valence-electron chi connectivity index (χ0n) is 13.4. The van der Waals surface area contributed by atoms with Gasteiger partial charge in [-0.15, -0.1) is 11.3 Å². The summed E-state index contributed by atoms with van der Waals surface area (Å²) in [5, 5.41) is 4.37. The highest BCUT2D eigenvalue weighted by atomic mass is 35.5. The van der Waals surface area contributed by atoms with Crippen LogP contribution >= 0.6 is 22.9 Å². The minimum atomic E-state index is 0.485. The number of aromatic nitrogens is 2. The molecule has 0 saturated carbocycles. The van der Waals surface area contributed by atoms with Crippen molar-refractivity contribution >= 4 is 33.6 Å². The molecule has 0 bridgehead atoms. The number of nitrogens with zero attached hydrogens (tertiary/aromatic N) is 3. The summed E-state index contributed by atoms with van der Waals surface area (Å²) >= 11 is 7.91. The minimum absolute atomic E-state index is 0.485. The van der Waals surface area contributed by atoms with Crippen LogP contribution in [-0.4, -0.2) is 9.38 Å². The van der Waals surface area contributed by atoms with E-state index in [1.54, 1.807) is 11.3 Å². The smallest absolute Gasteiger partial charge is 0.195 e. The lowest BCUT2D eigenvalue weighted by Crippen LogP contribution is -2.23. The topological polar surface area (TPSA) is 29.8 Å². The van der Waals surface area contributed by atoms with E-state index in [0.29, 0.717) is 18.3 Å². The van der Waals surface area contributed by atoms with E-state index in [0.717, 1.165) is 21.9 Å². The SMILES string of the molecule is Clc1nc2sccn2c1CN(OCc1ccccc1)c1ccccc1. The summed E-state index contributed by atoms with van der Waals surface area (Å²) in [6.07, 6.45) is 1.98. The number of fused-ring (bicyclic) bond motifs is 1. The molecular formula is C19H16ClN3OS. The Morgan fingerprint density at radius 3 is 2.52 bits per heavy atom. The maximum Gasteiger partial charge on any atom is 0.195 e. The van der Waals surface area contributed by atoms with Crippen molar-refractivity contribution in [1.29, 1.82) is 0 Å². The van der Waals surface area contributed by atoms with Gasteiger partial charge in [0.1, 0.15) is 0 Å². The number of halogens is 1. The van der Waals surface area contributed by atoms with Gasteiger partial charge in [0.15, 0.2) is 10.1 Å². The summed E-state index contributed by atoms with van der Waals surface area (Å²) in [4.78, 5) is 11.4. The highest BCUT2D eigenvalue weighted by Gasteiger charge is 2.16. The Bertz CT molecular complexity index is 953. The molecule has 2 heterocycles. The highest BCUT2D eigenvalue weighted by Crippen LogP contribution is 2.25. The first kappa shape index (κ1) is 16.1. The van der Waals surface area contributed by atoms with E-state index in [2.05, 4.69) is 4.98 Å². The number of hydrogen-bond donors (Lipinski definition) is 0. The number of imidazole rings is 1. The predicted molar refractivity (Wildman–Crippen MR) is 102 cm³/mol. The summed E-state index contributed by atoms with van der Waals surface area (Å²) in [5.74, 6) is 0. The molecule has 0 aliphatic heterocycles. The Morgan fingerprint density at radius 2 is 1.76 bits per heavy atom. The van der Waals surface area contributed by atoms with Crippen LogP contribution in [0.25, 0.3) is 4.96 Å². The monoisotopic (exact) mass is 369 g/mol. The fourth-order valence-electron chi connectivity index (χ4n) is 2.62. The molecule has 0 unspecified atom stereocenters.